The Balaban J connectivity index is 2.90. The van der Waals surface area contributed by atoms with Gasteiger partial charge in [-0.05, 0) is 19.1 Å². The molecule has 1 aromatic heterocycles. The molecule has 0 amide bonds. The number of nitrogens with two attached hydrogens (primary N) is 1. The molecule has 0 atom stereocenters. The van der Waals surface area contributed by atoms with E-state index in [0.29, 0.717) is 16.4 Å². The van der Waals surface area contributed by atoms with E-state index in [-0.39, 0.29) is 21.0 Å². The molecule has 156 valence electrons. The van der Waals surface area contributed by atoms with Crippen molar-refractivity contribution in [2.45, 2.75) is 13.1 Å². The van der Waals surface area contributed by atoms with Gasteiger partial charge >= 0.3 is 11.9 Å². The summed E-state index contributed by atoms with van der Waals surface area (Å²) in [5.41, 5.74) is -6.75. The molecule has 0 spiro atoms. The molecule has 2 N–H and O–H groups in total. The SMILES string of the molecule is CCS(=O)(=O)N(C)c1cc(-n2c(=O)cc(C(F)(F)F)n(N)c2=O)c(F)cc1C#N. The number of alkyl halides is 3. The van der Waals surface area contributed by atoms with Gasteiger partial charge in [0.05, 0.1) is 22.7 Å². The van der Waals surface area contributed by atoms with E-state index in [9.17, 15) is 35.6 Å². The zero-order valence-electron chi connectivity index (χ0n) is 14.9. The first-order chi connectivity index (χ1) is 13.3. The Labute approximate surface area is 160 Å². The summed E-state index contributed by atoms with van der Waals surface area (Å²) in [6.07, 6.45) is -5.13. The van der Waals surface area contributed by atoms with Crippen LogP contribution in [0.4, 0.5) is 23.2 Å². The number of hydrogen-bond acceptors (Lipinski definition) is 6. The highest BCUT2D eigenvalue weighted by Crippen LogP contribution is 2.28. The van der Waals surface area contributed by atoms with Crippen molar-refractivity contribution in [3.8, 4) is 11.8 Å². The summed E-state index contributed by atoms with van der Waals surface area (Å²) in [4.78, 5) is 24.4. The topological polar surface area (TPSA) is 131 Å². The summed E-state index contributed by atoms with van der Waals surface area (Å²) in [5.74, 6) is 3.39. The van der Waals surface area contributed by atoms with Crippen LogP contribution < -0.4 is 21.4 Å². The largest absolute Gasteiger partial charge is 0.433 e. The molecule has 0 saturated heterocycles. The molecule has 0 saturated carbocycles. The highest BCUT2D eigenvalue weighted by atomic mass is 32.2. The predicted octanol–water partition coefficient (Wildman–Crippen LogP) is 0.528. The summed E-state index contributed by atoms with van der Waals surface area (Å²) < 4.78 is 77.6. The second kappa shape index (κ2) is 7.24. The third kappa shape index (κ3) is 3.81. The van der Waals surface area contributed by atoms with E-state index in [2.05, 4.69) is 0 Å². The van der Waals surface area contributed by atoms with Gasteiger partial charge in [0, 0.05) is 13.1 Å². The smallest absolute Gasteiger partial charge is 0.335 e. The molecule has 2 rings (SSSR count). The van der Waals surface area contributed by atoms with Gasteiger partial charge in [0.1, 0.15) is 11.9 Å². The first-order valence-electron chi connectivity index (χ1n) is 7.68. The number of sulfonamides is 1. The van der Waals surface area contributed by atoms with Crippen LogP contribution in [-0.2, 0) is 16.2 Å². The van der Waals surface area contributed by atoms with Gasteiger partial charge in [-0.2, -0.15) is 18.4 Å². The van der Waals surface area contributed by atoms with Gasteiger partial charge < -0.3 is 5.84 Å². The Morgan fingerprint density at radius 3 is 2.31 bits per heavy atom. The molecule has 0 fully saturated rings. The van der Waals surface area contributed by atoms with Crippen molar-refractivity contribution < 1.29 is 26.0 Å². The molecule has 0 aliphatic rings. The maximum atomic E-state index is 14.5. The van der Waals surface area contributed by atoms with Crippen molar-refractivity contribution >= 4 is 15.7 Å². The minimum absolute atomic E-state index is 0.00162. The van der Waals surface area contributed by atoms with Crippen LogP contribution in [0.25, 0.3) is 5.69 Å². The molecule has 0 bridgehead atoms. The zero-order valence-corrected chi connectivity index (χ0v) is 15.7. The van der Waals surface area contributed by atoms with E-state index in [1.165, 1.54) is 6.92 Å². The van der Waals surface area contributed by atoms with Crippen molar-refractivity contribution in [1.82, 2.24) is 9.24 Å². The molecule has 2 aromatic rings. The standard InChI is InChI=1S/C15H13F4N5O4S/c1-3-29(27,28)22(2)10-5-11(9(16)4-8(10)7-20)23-13(25)6-12(15(17,18)19)24(21)14(23)26/h4-6H,3,21H2,1-2H3. The van der Waals surface area contributed by atoms with Gasteiger partial charge in [-0.1, -0.05) is 0 Å². The Hall–Kier alpha value is -3.34. The average Bonchev–Trinajstić information content (AvgIpc) is 2.64. The quantitative estimate of drug-likeness (QED) is 0.551. The van der Waals surface area contributed by atoms with Crippen LogP contribution in [0.5, 0.6) is 0 Å². The number of nitrogens with zero attached hydrogens (tertiary/aromatic N) is 4. The van der Waals surface area contributed by atoms with Crippen molar-refractivity contribution in [2.24, 2.45) is 0 Å². The van der Waals surface area contributed by atoms with Crippen LogP contribution >= 0.6 is 0 Å². The molecule has 1 heterocycles. The Bertz CT molecular complexity index is 1240. The van der Waals surface area contributed by atoms with E-state index < -0.39 is 56.0 Å². The summed E-state index contributed by atoms with van der Waals surface area (Å²) in [6.45, 7) is 1.30. The second-order valence-corrected chi connectivity index (χ2v) is 7.94. The number of rotatable bonds is 4. The van der Waals surface area contributed by atoms with Gasteiger partial charge in [0.15, 0.2) is 5.69 Å². The fourth-order valence-corrected chi connectivity index (χ4v) is 3.25. The van der Waals surface area contributed by atoms with E-state index in [1.54, 1.807) is 6.07 Å². The molecule has 1 aromatic carbocycles. The first kappa shape index (κ1) is 22.0. The lowest BCUT2D eigenvalue weighted by atomic mass is 10.1. The van der Waals surface area contributed by atoms with Crippen LogP contribution in [-0.4, -0.2) is 30.5 Å². The molecule has 14 heteroatoms. The van der Waals surface area contributed by atoms with Gasteiger partial charge in [-0.25, -0.2) is 26.8 Å². The predicted molar refractivity (Wildman–Crippen MR) is 94.0 cm³/mol. The normalized spacial score (nSPS) is 11.9. The van der Waals surface area contributed by atoms with Gasteiger partial charge in [-0.3, -0.25) is 9.10 Å². The van der Waals surface area contributed by atoms with E-state index in [0.717, 1.165) is 7.05 Å². The van der Waals surface area contributed by atoms with Crippen LogP contribution in [0.1, 0.15) is 18.2 Å². The van der Waals surface area contributed by atoms with E-state index in [4.69, 9.17) is 11.1 Å². The molecule has 0 aliphatic carbocycles. The Morgan fingerprint density at radius 1 is 1.24 bits per heavy atom. The summed E-state index contributed by atoms with van der Waals surface area (Å²) in [7, 11) is -2.89. The number of nitriles is 1. The van der Waals surface area contributed by atoms with Gasteiger partial charge in [0.25, 0.3) is 5.56 Å². The fourth-order valence-electron chi connectivity index (χ4n) is 2.41. The van der Waals surface area contributed by atoms with Crippen LogP contribution in [0.2, 0.25) is 0 Å². The van der Waals surface area contributed by atoms with Crippen LogP contribution in [0.3, 0.4) is 0 Å². The lowest BCUT2D eigenvalue weighted by Gasteiger charge is -2.21. The monoisotopic (exact) mass is 435 g/mol. The Kier molecular flexibility index (Phi) is 5.48. The molecule has 0 aliphatic heterocycles. The zero-order chi connectivity index (χ0) is 22.3. The highest BCUT2D eigenvalue weighted by molar-refractivity contribution is 7.92. The van der Waals surface area contributed by atoms with Crippen molar-refractivity contribution in [3.63, 3.8) is 0 Å². The first-order valence-corrected chi connectivity index (χ1v) is 9.29. The molecule has 0 radical (unpaired) electrons. The van der Waals surface area contributed by atoms with Crippen molar-refractivity contribution in [3.05, 3.63) is 56.1 Å². The number of benzene rings is 1. The second-order valence-electron chi connectivity index (χ2n) is 5.65. The number of hydrogen-bond donors (Lipinski definition) is 1. The number of anilines is 1. The van der Waals surface area contributed by atoms with Crippen LogP contribution in [0, 0.1) is 17.1 Å². The third-order valence-corrected chi connectivity index (χ3v) is 5.74. The van der Waals surface area contributed by atoms with E-state index >= 15 is 0 Å². The lowest BCUT2D eigenvalue weighted by molar-refractivity contribution is -0.143. The molecule has 9 nitrogen and oxygen atoms in total. The Morgan fingerprint density at radius 2 is 1.83 bits per heavy atom. The number of nitrogen functional groups attached to an aromatic ring is 1. The average molecular weight is 435 g/mol. The van der Waals surface area contributed by atoms with Crippen molar-refractivity contribution in [2.75, 3.05) is 22.9 Å². The van der Waals surface area contributed by atoms with Crippen LogP contribution in [0.15, 0.2) is 27.8 Å². The summed E-state index contributed by atoms with van der Waals surface area (Å²) in [5, 5.41) is 9.15. The van der Waals surface area contributed by atoms with E-state index in [1.807, 2.05) is 0 Å². The maximum Gasteiger partial charge on any atom is 0.433 e. The molecule has 0 unspecified atom stereocenters. The van der Waals surface area contributed by atoms with Gasteiger partial charge in [-0.15, -0.1) is 0 Å². The molecule has 29 heavy (non-hydrogen) atoms. The minimum atomic E-state index is -5.13. The number of aromatic nitrogens is 2. The highest BCUT2D eigenvalue weighted by Gasteiger charge is 2.36. The summed E-state index contributed by atoms with van der Waals surface area (Å²) in [6, 6.07) is 2.81. The van der Waals surface area contributed by atoms with Gasteiger partial charge in [0.2, 0.25) is 10.0 Å². The maximum absolute atomic E-state index is 14.5. The molecular formula is C15H13F4N5O4S. The van der Waals surface area contributed by atoms with Crippen molar-refractivity contribution in [1.29, 1.82) is 5.26 Å². The minimum Gasteiger partial charge on any atom is -0.335 e. The lowest BCUT2D eigenvalue weighted by Crippen LogP contribution is -2.45. The summed E-state index contributed by atoms with van der Waals surface area (Å²) >= 11 is 0. The molecular weight excluding hydrogens is 422 g/mol. The number of halogens is 4. The fraction of sp³-hybridized carbons (Fsp3) is 0.267. The third-order valence-electron chi connectivity index (χ3n) is 3.98.